The molecule has 0 fully saturated rings. The average Bonchev–Trinajstić information content (AvgIpc) is 2.29. The molecule has 1 aromatic carbocycles. The molecule has 1 aliphatic carbocycles. The zero-order chi connectivity index (χ0) is 10.5. The summed E-state index contributed by atoms with van der Waals surface area (Å²) in [7, 11) is 0. The van der Waals surface area contributed by atoms with Gasteiger partial charge in [-0.05, 0) is 62.1 Å². The molecule has 0 aliphatic heterocycles. The summed E-state index contributed by atoms with van der Waals surface area (Å²) in [5.41, 5.74) is 4.71. The first-order valence-electron chi connectivity index (χ1n) is 6.12. The molecule has 80 valence electrons. The minimum absolute atomic E-state index is 1.18. The number of fused-ring (bicyclic) bond motifs is 1. The maximum absolute atomic E-state index is 2.43. The van der Waals surface area contributed by atoms with E-state index in [1.54, 1.807) is 11.1 Å². The molecular weight excluding hydrogens is 180 g/mol. The lowest BCUT2D eigenvalue weighted by molar-refractivity contribution is 0.684. The highest BCUT2D eigenvalue weighted by Gasteiger charge is 2.08. The summed E-state index contributed by atoms with van der Waals surface area (Å²) in [5.74, 6) is 0. The maximum Gasteiger partial charge on any atom is -0.0244 e. The van der Waals surface area contributed by atoms with Crippen LogP contribution in [0.5, 0.6) is 0 Å². The van der Waals surface area contributed by atoms with Crippen LogP contribution in [0.25, 0.3) is 0 Å². The topological polar surface area (TPSA) is 0 Å². The molecule has 0 saturated heterocycles. The minimum Gasteiger partial charge on any atom is -0.0917 e. The molecule has 15 heavy (non-hydrogen) atoms. The monoisotopic (exact) mass is 200 g/mol. The highest BCUT2D eigenvalue weighted by atomic mass is 14.1. The number of aryl methyl sites for hydroxylation is 3. The van der Waals surface area contributed by atoms with Gasteiger partial charge in [-0.15, -0.1) is 0 Å². The van der Waals surface area contributed by atoms with Gasteiger partial charge in [-0.2, -0.15) is 0 Å². The summed E-state index contributed by atoms with van der Waals surface area (Å²) in [4.78, 5) is 0. The quantitative estimate of drug-likeness (QED) is 0.645. The van der Waals surface area contributed by atoms with E-state index in [4.69, 9.17) is 0 Å². The van der Waals surface area contributed by atoms with Gasteiger partial charge in [-0.3, -0.25) is 0 Å². The summed E-state index contributed by atoms with van der Waals surface area (Å²) < 4.78 is 0. The van der Waals surface area contributed by atoms with Gasteiger partial charge in [-0.25, -0.2) is 0 Å². The third-order valence-corrected chi connectivity index (χ3v) is 3.25. The highest BCUT2D eigenvalue weighted by molar-refractivity contribution is 5.34. The lowest BCUT2D eigenvalue weighted by atomic mass is 9.90. The summed E-state index contributed by atoms with van der Waals surface area (Å²) in [6.45, 7) is 2.09. The first-order valence-corrected chi connectivity index (χ1v) is 6.12. The van der Waals surface area contributed by atoms with Gasteiger partial charge < -0.3 is 0 Å². The van der Waals surface area contributed by atoms with Crippen LogP contribution in [0.1, 0.15) is 42.9 Å². The second-order valence-electron chi connectivity index (χ2n) is 4.42. The Bertz CT molecular complexity index is 347. The van der Waals surface area contributed by atoms with Crippen LogP contribution in [0.15, 0.2) is 30.4 Å². The Balaban J connectivity index is 2.06. The second kappa shape index (κ2) is 5.16. The van der Waals surface area contributed by atoms with Gasteiger partial charge in [0.15, 0.2) is 0 Å². The molecule has 0 aromatic heterocycles. The predicted molar refractivity (Wildman–Crippen MR) is 66.2 cm³/mol. The Labute approximate surface area is 93.0 Å². The fraction of sp³-hybridized carbons (Fsp3) is 0.467. The Morgan fingerprint density at radius 1 is 1.13 bits per heavy atom. The summed E-state index contributed by atoms with van der Waals surface area (Å²) in [6, 6.07) is 7.09. The molecular formula is C15H20. The van der Waals surface area contributed by atoms with Crippen molar-refractivity contribution in [1.82, 2.24) is 0 Å². The number of allylic oxidation sites excluding steroid dienone is 2. The third-order valence-electron chi connectivity index (χ3n) is 3.25. The van der Waals surface area contributed by atoms with Crippen molar-refractivity contribution in [3.8, 4) is 0 Å². The van der Waals surface area contributed by atoms with E-state index in [1.807, 2.05) is 0 Å². The number of benzene rings is 1. The Morgan fingerprint density at radius 3 is 2.73 bits per heavy atom. The Hall–Kier alpha value is -1.04. The number of hydrogen-bond acceptors (Lipinski definition) is 0. The van der Waals surface area contributed by atoms with Crippen molar-refractivity contribution in [2.75, 3.05) is 0 Å². The smallest absolute Gasteiger partial charge is 0.0244 e. The molecule has 0 N–H and O–H groups in total. The van der Waals surface area contributed by atoms with Crippen molar-refractivity contribution in [3.05, 3.63) is 47.0 Å². The molecule has 1 aromatic rings. The van der Waals surface area contributed by atoms with Gasteiger partial charge in [-0.1, -0.05) is 30.4 Å². The van der Waals surface area contributed by atoms with Gasteiger partial charge in [0.2, 0.25) is 0 Å². The van der Waals surface area contributed by atoms with Crippen molar-refractivity contribution in [1.29, 1.82) is 0 Å². The fourth-order valence-electron chi connectivity index (χ4n) is 2.36. The first kappa shape index (κ1) is 10.5. The predicted octanol–water partition coefficient (Wildman–Crippen LogP) is 4.07. The number of hydrogen-bond donors (Lipinski definition) is 0. The molecule has 0 unspecified atom stereocenters. The van der Waals surface area contributed by atoms with E-state index in [1.165, 1.54) is 44.1 Å². The SMILES string of the molecule is C/C=C\CCc1ccc2c(c1)CCCC2. The van der Waals surface area contributed by atoms with Crippen LogP contribution in [-0.4, -0.2) is 0 Å². The van der Waals surface area contributed by atoms with E-state index in [0.29, 0.717) is 0 Å². The molecule has 0 heterocycles. The Kier molecular flexibility index (Phi) is 3.60. The molecule has 0 spiro atoms. The summed E-state index contributed by atoms with van der Waals surface area (Å²) in [6.07, 6.45) is 12.1. The molecule has 2 rings (SSSR count). The van der Waals surface area contributed by atoms with Crippen LogP contribution < -0.4 is 0 Å². The molecule has 0 nitrogen and oxygen atoms in total. The largest absolute Gasteiger partial charge is 0.0917 e. The van der Waals surface area contributed by atoms with Crippen molar-refractivity contribution < 1.29 is 0 Å². The average molecular weight is 200 g/mol. The normalized spacial score (nSPS) is 15.5. The van der Waals surface area contributed by atoms with Crippen molar-refractivity contribution in [3.63, 3.8) is 0 Å². The van der Waals surface area contributed by atoms with Crippen molar-refractivity contribution >= 4 is 0 Å². The molecule has 0 amide bonds. The second-order valence-corrected chi connectivity index (χ2v) is 4.42. The van der Waals surface area contributed by atoms with Gasteiger partial charge in [0.1, 0.15) is 0 Å². The van der Waals surface area contributed by atoms with Crippen molar-refractivity contribution in [2.45, 2.75) is 45.4 Å². The zero-order valence-corrected chi connectivity index (χ0v) is 9.63. The lowest BCUT2D eigenvalue weighted by Gasteiger charge is -2.16. The van der Waals surface area contributed by atoms with E-state index < -0.39 is 0 Å². The molecule has 0 radical (unpaired) electrons. The lowest BCUT2D eigenvalue weighted by Crippen LogP contribution is -2.03. The summed E-state index contributed by atoms with van der Waals surface area (Å²) in [5, 5.41) is 0. The Morgan fingerprint density at radius 2 is 1.93 bits per heavy atom. The minimum atomic E-state index is 1.18. The summed E-state index contributed by atoms with van der Waals surface area (Å²) >= 11 is 0. The molecule has 0 atom stereocenters. The van der Waals surface area contributed by atoms with Gasteiger partial charge in [0.25, 0.3) is 0 Å². The molecule has 1 aliphatic rings. The van der Waals surface area contributed by atoms with E-state index >= 15 is 0 Å². The van der Waals surface area contributed by atoms with Crippen LogP contribution in [0.3, 0.4) is 0 Å². The van der Waals surface area contributed by atoms with E-state index in [0.717, 1.165) is 0 Å². The van der Waals surface area contributed by atoms with Crippen molar-refractivity contribution in [2.24, 2.45) is 0 Å². The zero-order valence-electron chi connectivity index (χ0n) is 9.63. The number of rotatable bonds is 3. The third kappa shape index (κ3) is 2.71. The molecule has 0 bridgehead atoms. The highest BCUT2D eigenvalue weighted by Crippen LogP contribution is 2.22. The standard InChI is InChI=1S/C15H20/c1-2-3-4-7-13-10-11-14-8-5-6-9-15(14)12-13/h2-3,10-12H,4-9H2,1H3/b3-2-. The van der Waals surface area contributed by atoms with E-state index in [-0.39, 0.29) is 0 Å². The maximum atomic E-state index is 2.43. The van der Waals surface area contributed by atoms with Crippen LogP contribution in [0.4, 0.5) is 0 Å². The molecule has 0 heteroatoms. The van der Waals surface area contributed by atoms with Crippen LogP contribution in [0, 0.1) is 0 Å². The van der Waals surface area contributed by atoms with Gasteiger partial charge in [0, 0.05) is 0 Å². The van der Waals surface area contributed by atoms with E-state index in [2.05, 4.69) is 37.3 Å². The van der Waals surface area contributed by atoms with Gasteiger partial charge in [0.05, 0.1) is 0 Å². The molecule has 0 saturated carbocycles. The van der Waals surface area contributed by atoms with E-state index in [9.17, 15) is 0 Å². The fourth-order valence-corrected chi connectivity index (χ4v) is 2.36. The van der Waals surface area contributed by atoms with Crippen LogP contribution in [0.2, 0.25) is 0 Å². The first-order chi connectivity index (χ1) is 7.40. The van der Waals surface area contributed by atoms with Gasteiger partial charge >= 0.3 is 0 Å². The van der Waals surface area contributed by atoms with Crippen LogP contribution in [-0.2, 0) is 19.3 Å². The van der Waals surface area contributed by atoms with Crippen LogP contribution >= 0.6 is 0 Å².